The summed E-state index contributed by atoms with van der Waals surface area (Å²) < 4.78 is 46.1. The van der Waals surface area contributed by atoms with Crippen molar-refractivity contribution in [3.63, 3.8) is 0 Å². The maximum absolute atomic E-state index is 13.8. The monoisotopic (exact) mass is 346 g/mol. The van der Waals surface area contributed by atoms with Gasteiger partial charge in [-0.3, -0.25) is 0 Å². The number of carboxylic acids is 1. The molecule has 1 aromatic rings. The number of hydrogen-bond donors (Lipinski definition) is 2. The molecule has 0 radical (unpaired) electrons. The Kier molecular flexibility index (Phi) is 7.13. The molecule has 7 heteroatoms. The molecule has 2 N–H and O–H groups in total. The Morgan fingerprint density at radius 3 is 2.33 bits per heavy atom. The average molecular weight is 346 g/mol. The fourth-order valence-corrected chi connectivity index (χ4v) is 2.11. The number of ether oxygens (including phenoxy) is 1. The second-order valence-electron chi connectivity index (χ2n) is 5.90. The van der Waals surface area contributed by atoms with Crippen LogP contribution in [0.3, 0.4) is 0 Å². The maximum Gasteiger partial charge on any atom is 0.342 e. The van der Waals surface area contributed by atoms with Crippen molar-refractivity contribution in [1.82, 2.24) is 0 Å². The normalized spacial score (nSPS) is 11.9. The first-order chi connectivity index (χ1) is 11.2. The molecule has 0 aliphatic carbocycles. The van der Waals surface area contributed by atoms with Crippen molar-refractivity contribution in [1.29, 1.82) is 0 Å². The number of aromatic carboxylic acids is 1. The van der Waals surface area contributed by atoms with E-state index < -0.39 is 40.5 Å². The Bertz CT molecular complexity index is 608. The van der Waals surface area contributed by atoms with Crippen molar-refractivity contribution < 1.29 is 32.9 Å². The van der Waals surface area contributed by atoms with Crippen molar-refractivity contribution in [3.05, 3.63) is 34.7 Å². The van der Waals surface area contributed by atoms with Gasteiger partial charge in [0, 0.05) is 0 Å². The van der Waals surface area contributed by atoms with E-state index >= 15 is 0 Å². The quantitative estimate of drug-likeness (QED) is 0.531. The minimum Gasteiger partial charge on any atom is -0.504 e. The Morgan fingerprint density at radius 1 is 1.17 bits per heavy atom. The standard InChI is InChI=1S/C17H21F3O4/c1-9(2)5-4-6-10(3)7-8-24-16-13(19)12(18)11(17(22)23)15(21)14(16)20/h5,10,21H,4,6-8H2,1-3H3,(H,22,23)/t10-/m0/s1. The van der Waals surface area contributed by atoms with Crippen LogP contribution in [-0.4, -0.2) is 22.8 Å². The first kappa shape index (κ1) is 19.9. The third-order valence-electron chi connectivity index (χ3n) is 3.54. The molecule has 1 atom stereocenters. The van der Waals surface area contributed by atoms with E-state index in [2.05, 4.69) is 6.08 Å². The van der Waals surface area contributed by atoms with Crippen molar-refractivity contribution >= 4 is 5.97 Å². The smallest absolute Gasteiger partial charge is 0.342 e. The third kappa shape index (κ3) is 4.91. The maximum atomic E-state index is 13.8. The lowest BCUT2D eigenvalue weighted by Crippen LogP contribution is -2.11. The van der Waals surface area contributed by atoms with E-state index in [1.54, 1.807) is 0 Å². The van der Waals surface area contributed by atoms with Crippen molar-refractivity contribution in [3.8, 4) is 11.5 Å². The van der Waals surface area contributed by atoms with E-state index in [4.69, 9.17) is 9.84 Å². The summed E-state index contributed by atoms with van der Waals surface area (Å²) in [4.78, 5) is 10.7. The third-order valence-corrected chi connectivity index (χ3v) is 3.54. The zero-order valence-electron chi connectivity index (χ0n) is 13.8. The van der Waals surface area contributed by atoms with Gasteiger partial charge in [-0.15, -0.1) is 0 Å². The molecule has 0 aliphatic heterocycles. The molecular weight excluding hydrogens is 325 g/mol. The molecule has 0 aromatic heterocycles. The van der Waals surface area contributed by atoms with E-state index in [1.165, 1.54) is 5.57 Å². The number of allylic oxidation sites excluding steroid dienone is 2. The molecule has 0 aliphatic rings. The summed E-state index contributed by atoms with van der Waals surface area (Å²) in [5.41, 5.74) is -0.250. The minimum atomic E-state index is -1.97. The highest BCUT2D eigenvalue weighted by Gasteiger charge is 2.29. The number of halogens is 3. The molecule has 0 saturated carbocycles. The molecular formula is C17H21F3O4. The predicted molar refractivity (Wildman–Crippen MR) is 82.9 cm³/mol. The summed E-state index contributed by atoms with van der Waals surface area (Å²) in [6.07, 6.45) is 4.28. The van der Waals surface area contributed by atoms with Crippen molar-refractivity contribution in [2.75, 3.05) is 6.61 Å². The number of phenols is 1. The highest BCUT2D eigenvalue weighted by molar-refractivity contribution is 5.91. The molecule has 0 bridgehead atoms. The van der Waals surface area contributed by atoms with Crippen LogP contribution in [0.15, 0.2) is 11.6 Å². The SMILES string of the molecule is CC(C)=CCC[C@H](C)CCOc1c(F)c(O)c(C(=O)O)c(F)c1F. The van der Waals surface area contributed by atoms with Crippen LogP contribution < -0.4 is 4.74 Å². The lowest BCUT2D eigenvalue weighted by atomic mass is 10.0. The summed E-state index contributed by atoms with van der Waals surface area (Å²) >= 11 is 0. The highest BCUT2D eigenvalue weighted by atomic mass is 19.2. The van der Waals surface area contributed by atoms with E-state index in [0.717, 1.165) is 12.8 Å². The molecule has 0 saturated heterocycles. The van der Waals surface area contributed by atoms with Crippen molar-refractivity contribution in [2.24, 2.45) is 5.92 Å². The molecule has 1 rings (SSSR count). The molecule has 0 heterocycles. The van der Waals surface area contributed by atoms with Gasteiger partial charge in [0.05, 0.1) is 6.61 Å². The number of carboxylic acid groups (broad SMARTS) is 1. The second-order valence-corrected chi connectivity index (χ2v) is 5.90. The fourth-order valence-electron chi connectivity index (χ4n) is 2.11. The summed E-state index contributed by atoms with van der Waals surface area (Å²) in [6.45, 7) is 5.83. The summed E-state index contributed by atoms with van der Waals surface area (Å²) in [5.74, 6) is -9.58. The number of carbonyl (C=O) groups is 1. The lowest BCUT2D eigenvalue weighted by molar-refractivity contribution is 0.0685. The first-order valence-electron chi connectivity index (χ1n) is 7.55. The summed E-state index contributed by atoms with van der Waals surface area (Å²) in [7, 11) is 0. The number of benzene rings is 1. The molecule has 0 unspecified atom stereocenters. The Balaban J connectivity index is 2.76. The van der Waals surface area contributed by atoms with E-state index in [9.17, 15) is 23.1 Å². The van der Waals surface area contributed by atoms with Crippen molar-refractivity contribution in [2.45, 2.75) is 40.0 Å². The summed E-state index contributed by atoms with van der Waals surface area (Å²) in [6, 6.07) is 0. The molecule has 134 valence electrons. The van der Waals surface area contributed by atoms with Gasteiger partial charge in [-0.2, -0.15) is 8.78 Å². The van der Waals surface area contributed by atoms with Crippen LogP contribution in [0, 0.1) is 23.4 Å². The van der Waals surface area contributed by atoms with Crippen LogP contribution in [0.25, 0.3) is 0 Å². The van der Waals surface area contributed by atoms with Gasteiger partial charge < -0.3 is 14.9 Å². The lowest BCUT2D eigenvalue weighted by Gasteiger charge is -2.14. The van der Waals surface area contributed by atoms with Gasteiger partial charge in [-0.05, 0) is 39.0 Å². The van der Waals surface area contributed by atoms with E-state index in [1.807, 2.05) is 20.8 Å². The number of rotatable bonds is 8. The largest absolute Gasteiger partial charge is 0.504 e. The molecule has 0 spiro atoms. The van der Waals surface area contributed by atoms with Gasteiger partial charge in [0.25, 0.3) is 0 Å². The van der Waals surface area contributed by atoms with Crippen LogP contribution in [0.2, 0.25) is 0 Å². The van der Waals surface area contributed by atoms with Crippen LogP contribution in [0.1, 0.15) is 50.4 Å². The second kappa shape index (κ2) is 8.61. The van der Waals surface area contributed by atoms with E-state index in [-0.39, 0.29) is 12.5 Å². The number of aromatic hydroxyl groups is 1. The molecule has 1 aromatic carbocycles. The minimum absolute atomic E-state index is 0.0882. The molecule has 4 nitrogen and oxygen atoms in total. The Hall–Kier alpha value is -2.18. The zero-order chi connectivity index (χ0) is 18.4. The highest BCUT2D eigenvalue weighted by Crippen LogP contribution is 2.35. The molecule has 0 fully saturated rings. The first-order valence-corrected chi connectivity index (χ1v) is 7.55. The predicted octanol–water partition coefficient (Wildman–Crippen LogP) is 4.66. The van der Waals surface area contributed by atoms with Gasteiger partial charge in [0.15, 0.2) is 17.3 Å². The zero-order valence-corrected chi connectivity index (χ0v) is 13.8. The van der Waals surface area contributed by atoms with Gasteiger partial charge in [-0.25, -0.2) is 9.18 Å². The fraction of sp³-hybridized carbons (Fsp3) is 0.471. The summed E-state index contributed by atoms with van der Waals surface area (Å²) in [5, 5.41) is 18.1. The molecule has 24 heavy (non-hydrogen) atoms. The average Bonchev–Trinajstić information content (AvgIpc) is 2.48. The Morgan fingerprint density at radius 2 is 1.79 bits per heavy atom. The molecule has 0 amide bonds. The van der Waals surface area contributed by atoms with Gasteiger partial charge in [-0.1, -0.05) is 18.6 Å². The van der Waals surface area contributed by atoms with Gasteiger partial charge in [0.1, 0.15) is 5.56 Å². The number of hydrogen-bond acceptors (Lipinski definition) is 3. The topological polar surface area (TPSA) is 66.8 Å². The van der Waals surface area contributed by atoms with Gasteiger partial charge in [0.2, 0.25) is 11.6 Å². The van der Waals surface area contributed by atoms with Crippen LogP contribution in [-0.2, 0) is 0 Å². The van der Waals surface area contributed by atoms with Gasteiger partial charge >= 0.3 is 5.97 Å². The van der Waals surface area contributed by atoms with E-state index in [0.29, 0.717) is 6.42 Å². The van der Waals surface area contributed by atoms with Crippen LogP contribution in [0.4, 0.5) is 13.2 Å². The van der Waals surface area contributed by atoms with Crippen LogP contribution in [0.5, 0.6) is 11.5 Å². The van der Waals surface area contributed by atoms with Crippen LogP contribution >= 0.6 is 0 Å². The Labute approximate surface area is 138 Å².